The molecular formula is C12H20NaO5S. The minimum atomic E-state index is -3.91. The maximum Gasteiger partial charge on any atom is 0.331 e. The monoisotopic (exact) mass is 299 g/mol. The second-order valence-corrected chi connectivity index (χ2v) is 5.81. The topological polar surface area (TPSA) is 76.7 Å². The Bertz CT molecular complexity index is 454. The Kier molecular flexibility index (Phi) is 9.02. The smallest absolute Gasteiger partial charge is 0.331 e. The molecule has 0 aliphatic carbocycles. The van der Waals surface area contributed by atoms with E-state index in [1.54, 1.807) is 6.92 Å². The summed E-state index contributed by atoms with van der Waals surface area (Å²) >= 11 is 0. The Morgan fingerprint density at radius 1 is 1.32 bits per heavy atom. The van der Waals surface area contributed by atoms with Gasteiger partial charge in [0.05, 0.1) is 6.10 Å². The van der Waals surface area contributed by atoms with Crippen molar-refractivity contribution < 1.29 is 22.1 Å². The molecule has 0 saturated heterocycles. The fourth-order valence-corrected chi connectivity index (χ4v) is 2.66. The van der Waals surface area contributed by atoms with Gasteiger partial charge < -0.3 is 9.52 Å². The summed E-state index contributed by atoms with van der Waals surface area (Å²) in [6.45, 7) is 3.83. The van der Waals surface area contributed by atoms with Crippen molar-refractivity contribution in [2.24, 2.45) is 0 Å². The zero-order valence-corrected chi connectivity index (χ0v) is 14.6. The van der Waals surface area contributed by atoms with Gasteiger partial charge in [0.15, 0.2) is 0 Å². The molecule has 7 heteroatoms. The van der Waals surface area contributed by atoms with E-state index in [1.165, 1.54) is 12.1 Å². The maximum atomic E-state index is 11.7. The summed E-state index contributed by atoms with van der Waals surface area (Å²) in [5.74, 6) is -0.437. The van der Waals surface area contributed by atoms with Crippen molar-refractivity contribution in [1.29, 1.82) is 0 Å². The van der Waals surface area contributed by atoms with Gasteiger partial charge in [-0.1, -0.05) is 32.6 Å². The van der Waals surface area contributed by atoms with E-state index in [4.69, 9.17) is 9.29 Å². The average Bonchev–Trinajstić information content (AvgIpc) is 2.71. The Morgan fingerprint density at radius 3 is 2.53 bits per heavy atom. The first-order valence-electron chi connectivity index (χ1n) is 6.18. The van der Waals surface area contributed by atoms with Crippen LogP contribution in [0, 0.1) is 0 Å². The minimum Gasteiger partial charge on any atom is -0.481 e. The van der Waals surface area contributed by atoms with Crippen molar-refractivity contribution in [1.82, 2.24) is 0 Å². The van der Waals surface area contributed by atoms with Crippen molar-refractivity contribution in [3.05, 3.63) is 12.1 Å². The quantitative estimate of drug-likeness (QED) is 0.453. The van der Waals surface area contributed by atoms with E-state index in [9.17, 15) is 8.42 Å². The molecule has 1 radical (unpaired) electrons. The molecule has 1 unspecified atom stereocenters. The SMILES string of the molecule is CCCCCCC(C)OS(=O)(=O)c1ccc(O)o1.[Na]. The fourth-order valence-electron chi connectivity index (χ4n) is 1.62. The van der Waals surface area contributed by atoms with E-state index in [0.29, 0.717) is 6.42 Å². The molecule has 0 fully saturated rings. The van der Waals surface area contributed by atoms with Gasteiger partial charge in [-0.2, -0.15) is 8.42 Å². The van der Waals surface area contributed by atoms with Crippen molar-refractivity contribution in [3.63, 3.8) is 0 Å². The number of aromatic hydroxyl groups is 1. The van der Waals surface area contributed by atoms with Crippen LogP contribution in [0.1, 0.15) is 46.0 Å². The van der Waals surface area contributed by atoms with Crippen LogP contribution in [0.4, 0.5) is 0 Å². The van der Waals surface area contributed by atoms with Crippen LogP contribution in [0.3, 0.4) is 0 Å². The minimum absolute atomic E-state index is 0. The van der Waals surface area contributed by atoms with Gasteiger partial charge in [0.2, 0.25) is 5.09 Å². The third-order valence-corrected chi connectivity index (χ3v) is 3.86. The Hall–Kier alpha value is -0.0100. The summed E-state index contributed by atoms with van der Waals surface area (Å²) in [5.41, 5.74) is 0. The molecule has 0 amide bonds. The van der Waals surface area contributed by atoms with Gasteiger partial charge in [0.1, 0.15) is 0 Å². The molecule has 105 valence electrons. The van der Waals surface area contributed by atoms with Crippen LogP contribution >= 0.6 is 0 Å². The third-order valence-electron chi connectivity index (χ3n) is 2.57. The van der Waals surface area contributed by atoms with Crippen LogP contribution in [0.15, 0.2) is 21.6 Å². The van der Waals surface area contributed by atoms with Crippen LogP contribution in [0.5, 0.6) is 5.95 Å². The van der Waals surface area contributed by atoms with Crippen molar-refractivity contribution in [3.8, 4) is 5.95 Å². The van der Waals surface area contributed by atoms with Gasteiger partial charge in [0.25, 0.3) is 5.95 Å². The molecule has 0 bridgehead atoms. The van der Waals surface area contributed by atoms with E-state index in [0.717, 1.165) is 25.7 Å². The summed E-state index contributed by atoms with van der Waals surface area (Å²) in [6.07, 6.45) is 4.59. The van der Waals surface area contributed by atoms with Crippen molar-refractivity contribution in [2.45, 2.75) is 57.1 Å². The third kappa shape index (κ3) is 6.81. The molecule has 1 heterocycles. The number of furan rings is 1. The van der Waals surface area contributed by atoms with E-state index >= 15 is 0 Å². The first kappa shape index (κ1) is 19.0. The Balaban J connectivity index is 0.00000324. The first-order valence-corrected chi connectivity index (χ1v) is 7.58. The number of hydrogen-bond acceptors (Lipinski definition) is 5. The Morgan fingerprint density at radius 2 is 2.00 bits per heavy atom. The standard InChI is InChI=1S/C12H20O5S.Na/c1-3-4-5-6-7-10(2)17-18(14,15)12-9-8-11(13)16-12;/h8-10,13H,3-7H2,1-2H3;. The molecule has 0 aromatic carbocycles. The summed E-state index contributed by atoms with van der Waals surface area (Å²) in [6, 6.07) is 2.34. The van der Waals surface area contributed by atoms with Gasteiger partial charge in [-0.25, -0.2) is 0 Å². The molecule has 1 aromatic rings. The molecule has 0 aliphatic rings. The average molecular weight is 299 g/mol. The van der Waals surface area contributed by atoms with Crippen LogP contribution in [0.2, 0.25) is 0 Å². The summed E-state index contributed by atoms with van der Waals surface area (Å²) in [7, 11) is -3.91. The second-order valence-electron chi connectivity index (χ2n) is 4.30. The molecule has 0 aliphatic heterocycles. The Labute approximate surface area is 136 Å². The molecule has 1 N–H and O–H groups in total. The summed E-state index contributed by atoms with van der Waals surface area (Å²) in [4.78, 5) is 0. The largest absolute Gasteiger partial charge is 0.481 e. The number of unbranched alkanes of at least 4 members (excludes halogenated alkanes) is 3. The van der Waals surface area contributed by atoms with Crippen LogP contribution in [0.25, 0.3) is 0 Å². The summed E-state index contributed by atoms with van der Waals surface area (Å²) in [5, 5.41) is 8.60. The van der Waals surface area contributed by atoms with Gasteiger partial charge in [-0.15, -0.1) is 0 Å². The summed E-state index contributed by atoms with van der Waals surface area (Å²) < 4.78 is 33.1. The molecule has 19 heavy (non-hydrogen) atoms. The normalized spacial score (nSPS) is 12.9. The van der Waals surface area contributed by atoms with Crippen molar-refractivity contribution in [2.75, 3.05) is 0 Å². The van der Waals surface area contributed by atoms with Crippen LogP contribution in [-0.4, -0.2) is 49.2 Å². The van der Waals surface area contributed by atoms with Crippen LogP contribution in [-0.2, 0) is 14.3 Å². The number of hydrogen-bond donors (Lipinski definition) is 1. The van der Waals surface area contributed by atoms with E-state index in [1.807, 2.05) is 0 Å². The van der Waals surface area contributed by atoms with Crippen LogP contribution < -0.4 is 0 Å². The first-order chi connectivity index (χ1) is 8.45. The second kappa shape index (κ2) is 9.02. The molecule has 1 aromatic heterocycles. The van der Waals surface area contributed by atoms with Gasteiger partial charge in [-0.3, -0.25) is 4.18 Å². The predicted molar refractivity (Wildman–Crippen MR) is 72.6 cm³/mol. The number of rotatable bonds is 8. The maximum absolute atomic E-state index is 11.7. The molecule has 1 rings (SSSR count). The van der Waals surface area contributed by atoms with Gasteiger partial charge in [-0.05, 0) is 13.3 Å². The molecule has 1 atom stereocenters. The molecular weight excluding hydrogens is 279 g/mol. The van der Waals surface area contributed by atoms with E-state index < -0.39 is 16.1 Å². The fraction of sp³-hybridized carbons (Fsp3) is 0.667. The zero-order valence-electron chi connectivity index (χ0n) is 11.8. The van der Waals surface area contributed by atoms with Gasteiger partial charge >= 0.3 is 10.1 Å². The van der Waals surface area contributed by atoms with E-state index in [-0.39, 0.29) is 40.8 Å². The van der Waals surface area contributed by atoms with E-state index in [2.05, 4.69) is 11.3 Å². The van der Waals surface area contributed by atoms with Gasteiger partial charge in [0, 0.05) is 41.7 Å². The molecule has 5 nitrogen and oxygen atoms in total. The predicted octanol–water partition coefficient (Wildman–Crippen LogP) is 2.67. The molecule has 0 spiro atoms. The molecule has 0 saturated carbocycles. The zero-order chi connectivity index (χ0) is 13.6. The van der Waals surface area contributed by atoms with Crippen molar-refractivity contribution >= 4 is 39.7 Å².